The van der Waals surface area contributed by atoms with Gasteiger partial charge in [-0.2, -0.15) is 0 Å². The van der Waals surface area contributed by atoms with Crippen molar-refractivity contribution in [2.75, 3.05) is 0 Å². The summed E-state index contributed by atoms with van der Waals surface area (Å²) < 4.78 is 11.4. The van der Waals surface area contributed by atoms with Crippen molar-refractivity contribution >= 4 is 28.9 Å². The van der Waals surface area contributed by atoms with Gasteiger partial charge in [-0.1, -0.05) is 12.1 Å². The van der Waals surface area contributed by atoms with Crippen LogP contribution in [0.5, 0.6) is 0 Å². The quantitative estimate of drug-likeness (QED) is 0.380. The van der Waals surface area contributed by atoms with Gasteiger partial charge in [0.05, 0.1) is 4.92 Å². The van der Waals surface area contributed by atoms with Crippen LogP contribution in [0.15, 0.2) is 69.5 Å². The smallest absolute Gasteiger partial charge is 0.269 e. The molecule has 0 saturated heterocycles. The van der Waals surface area contributed by atoms with Crippen molar-refractivity contribution in [1.29, 1.82) is 0 Å². The van der Waals surface area contributed by atoms with Gasteiger partial charge in [0.1, 0.15) is 17.0 Å². The van der Waals surface area contributed by atoms with E-state index >= 15 is 0 Å². The highest BCUT2D eigenvalue weighted by Gasteiger charge is 2.08. The first-order valence-corrected chi connectivity index (χ1v) is 7.57. The molecular formula is C19H12N2O4. The summed E-state index contributed by atoms with van der Waals surface area (Å²) in [7, 11) is 0. The zero-order valence-corrected chi connectivity index (χ0v) is 13.0. The number of hydrogen-bond acceptors (Lipinski definition) is 5. The second kappa shape index (κ2) is 6.09. The highest BCUT2D eigenvalue weighted by molar-refractivity contribution is 5.75. The van der Waals surface area contributed by atoms with E-state index in [1.165, 1.54) is 12.1 Å². The van der Waals surface area contributed by atoms with Gasteiger partial charge in [0, 0.05) is 23.8 Å². The summed E-state index contributed by atoms with van der Waals surface area (Å²) in [6.45, 7) is 0. The van der Waals surface area contributed by atoms with Crippen molar-refractivity contribution in [3.05, 3.63) is 82.4 Å². The summed E-state index contributed by atoms with van der Waals surface area (Å²) in [4.78, 5) is 14.6. The number of para-hydroxylation sites is 2. The van der Waals surface area contributed by atoms with Crippen molar-refractivity contribution in [2.24, 2.45) is 0 Å². The lowest BCUT2D eigenvalue weighted by Crippen LogP contribution is -1.86. The van der Waals surface area contributed by atoms with Crippen LogP contribution in [0.25, 0.3) is 34.6 Å². The fourth-order valence-electron chi connectivity index (χ4n) is 2.46. The van der Waals surface area contributed by atoms with Crippen LogP contribution in [0, 0.1) is 10.1 Å². The van der Waals surface area contributed by atoms with Gasteiger partial charge in [-0.25, -0.2) is 4.98 Å². The summed E-state index contributed by atoms with van der Waals surface area (Å²) in [6.07, 6.45) is 3.50. The van der Waals surface area contributed by atoms with Crippen LogP contribution in [-0.2, 0) is 0 Å². The Morgan fingerprint density at radius 1 is 0.920 bits per heavy atom. The average Bonchev–Trinajstić information content (AvgIpc) is 3.26. The molecular weight excluding hydrogens is 320 g/mol. The summed E-state index contributed by atoms with van der Waals surface area (Å²) >= 11 is 0. The van der Waals surface area contributed by atoms with Gasteiger partial charge < -0.3 is 8.83 Å². The number of nitrogens with zero attached hydrogens (tertiary/aromatic N) is 2. The number of nitro groups is 1. The molecule has 0 saturated carbocycles. The predicted octanol–water partition coefficient (Wildman–Crippen LogP) is 5.17. The molecule has 4 aromatic rings. The number of oxazole rings is 1. The number of nitro benzene ring substituents is 1. The Hall–Kier alpha value is -3.67. The summed E-state index contributed by atoms with van der Waals surface area (Å²) in [6, 6.07) is 17.4. The van der Waals surface area contributed by atoms with Crippen molar-refractivity contribution in [3.8, 4) is 11.3 Å². The van der Waals surface area contributed by atoms with E-state index in [4.69, 9.17) is 8.83 Å². The molecule has 122 valence electrons. The third-order valence-electron chi connectivity index (χ3n) is 3.69. The minimum atomic E-state index is -0.430. The lowest BCUT2D eigenvalue weighted by atomic mass is 10.1. The highest BCUT2D eigenvalue weighted by Crippen LogP contribution is 2.25. The molecule has 2 aromatic carbocycles. The first kappa shape index (κ1) is 14.9. The zero-order valence-electron chi connectivity index (χ0n) is 13.0. The predicted molar refractivity (Wildman–Crippen MR) is 93.7 cm³/mol. The molecule has 0 N–H and O–H groups in total. The van der Waals surface area contributed by atoms with Crippen LogP contribution in [-0.4, -0.2) is 9.91 Å². The first-order chi connectivity index (χ1) is 12.2. The van der Waals surface area contributed by atoms with E-state index in [0.717, 1.165) is 16.7 Å². The largest absolute Gasteiger partial charge is 0.457 e. The van der Waals surface area contributed by atoms with Crippen LogP contribution in [0.4, 0.5) is 5.69 Å². The maximum Gasteiger partial charge on any atom is 0.269 e. The highest BCUT2D eigenvalue weighted by atomic mass is 16.6. The molecule has 4 rings (SSSR count). The summed E-state index contributed by atoms with van der Waals surface area (Å²) in [5, 5.41) is 10.7. The van der Waals surface area contributed by atoms with Gasteiger partial charge in [0.15, 0.2) is 5.58 Å². The number of hydrogen-bond donors (Lipinski definition) is 0. The Labute approximate surface area is 142 Å². The van der Waals surface area contributed by atoms with Gasteiger partial charge in [0.2, 0.25) is 5.89 Å². The van der Waals surface area contributed by atoms with E-state index in [2.05, 4.69) is 4.98 Å². The van der Waals surface area contributed by atoms with Gasteiger partial charge in [-0.3, -0.25) is 10.1 Å². The number of non-ortho nitro benzene ring substituents is 1. The standard InChI is InChI=1S/C19H12N2O4/c22-21(23)14-7-5-13(6-8-14)17-11-9-15(24-17)10-12-19-20-16-3-1-2-4-18(16)25-19/h1-12H/b12-10-. The number of furan rings is 1. The van der Waals surface area contributed by atoms with Crippen molar-refractivity contribution in [3.63, 3.8) is 0 Å². The van der Waals surface area contributed by atoms with E-state index in [1.54, 1.807) is 24.3 Å². The van der Waals surface area contributed by atoms with Gasteiger partial charge in [-0.05, 0) is 42.5 Å². The molecule has 0 aliphatic heterocycles. The molecule has 0 radical (unpaired) electrons. The minimum absolute atomic E-state index is 0.0476. The number of fused-ring (bicyclic) bond motifs is 1. The number of rotatable bonds is 4. The topological polar surface area (TPSA) is 82.3 Å². The Morgan fingerprint density at radius 3 is 2.48 bits per heavy atom. The Bertz CT molecular complexity index is 1040. The molecule has 2 aromatic heterocycles. The first-order valence-electron chi connectivity index (χ1n) is 7.57. The molecule has 25 heavy (non-hydrogen) atoms. The normalized spacial score (nSPS) is 11.4. The molecule has 6 heteroatoms. The van der Waals surface area contributed by atoms with Crippen molar-refractivity contribution < 1.29 is 13.8 Å². The Morgan fingerprint density at radius 2 is 1.72 bits per heavy atom. The van der Waals surface area contributed by atoms with Crippen LogP contribution in [0.2, 0.25) is 0 Å². The van der Waals surface area contributed by atoms with Gasteiger partial charge >= 0.3 is 0 Å². The SMILES string of the molecule is O=[N+]([O-])c1ccc(-c2ccc(/C=C\c3nc4ccccc4o3)o2)cc1. The maximum absolute atomic E-state index is 10.7. The van der Waals surface area contributed by atoms with Crippen molar-refractivity contribution in [1.82, 2.24) is 4.98 Å². The second-order valence-corrected chi connectivity index (χ2v) is 5.36. The third-order valence-corrected chi connectivity index (χ3v) is 3.69. The second-order valence-electron chi connectivity index (χ2n) is 5.36. The third kappa shape index (κ3) is 3.05. The Kier molecular flexibility index (Phi) is 3.63. The lowest BCUT2D eigenvalue weighted by Gasteiger charge is -1.96. The molecule has 0 fully saturated rings. The van der Waals surface area contributed by atoms with Crippen molar-refractivity contribution in [2.45, 2.75) is 0 Å². The maximum atomic E-state index is 10.7. The zero-order chi connectivity index (χ0) is 17.2. The fourth-order valence-corrected chi connectivity index (χ4v) is 2.46. The molecule has 0 aliphatic carbocycles. The average molecular weight is 332 g/mol. The van der Waals surface area contributed by atoms with Crippen LogP contribution < -0.4 is 0 Å². The fraction of sp³-hybridized carbons (Fsp3) is 0. The summed E-state index contributed by atoms with van der Waals surface area (Å²) in [5.74, 6) is 1.76. The Balaban J connectivity index is 1.55. The molecule has 0 atom stereocenters. The van der Waals surface area contributed by atoms with Gasteiger partial charge in [0.25, 0.3) is 5.69 Å². The molecule has 0 unspecified atom stereocenters. The molecule has 0 bridgehead atoms. The van der Waals surface area contributed by atoms with E-state index < -0.39 is 4.92 Å². The van der Waals surface area contributed by atoms with Gasteiger partial charge in [-0.15, -0.1) is 0 Å². The van der Waals surface area contributed by atoms with Crippen LogP contribution in [0.3, 0.4) is 0 Å². The van der Waals surface area contributed by atoms with E-state index in [0.29, 0.717) is 17.4 Å². The van der Waals surface area contributed by atoms with E-state index in [1.807, 2.05) is 36.4 Å². The molecule has 0 amide bonds. The molecule has 0 aliphatic rings. The van der Waals surface area contributed by atoms with Crippen LogP contribution >= 0.6 is 0 Å². The minimum Gasteiger partial charge on any atom is -0.457 e. The summed E-state index contributed by atoms with van der Waals surface area (Å²) in [5.41, 5.74) is 2.35. The van der Waals surface area contributed by atoms with E-state index in [-0.39, 0.29) is 5.69 Å². The van der Waals surface area contributed by atoms with Crippen LogP contribution in [0.1, 0.15) is 11.7 Å². The number of benzene rings is 2. The molecule has 2 heterocycles. The van der Waals surface area contributed by atoms with E-state index in [9.17, 15) is 10.1 Å². The molecule has 0 spiro atoms. The lowest BCUT2D eigenvalue weighted by molar-refractivity contribution is -0.384. The molecule has 6 nitrogen and oxygen atoms in total. The monoisotopic (exact) mass is 332 g/mol. The number of aromatic nitrogens is 1.